The van der Waals surface area contributed by atoms with Crippen LogP contribution in [0.2, 0.25) is 5.02 Å². The predicted molar refractivity (Wildman–Crippen MR) is 69.7 cm³/mol. The molecule has 0 saturated carbocycles. The molecule has 0 spiro atoms. The highest BCUT2D eigenvalue weighted by atomic mass is 35.5. The van der Waals surface area contributed by atoms with E-state index in [0.717, 1.165) is 6.07 Å². The number of hydrogen-bond donors (Lipinski definition) is 1. The van der Waals surface area contributed by atoms with Crippen molar-refractivity contribution in [1.82, 2.24) is 0 Å². The lowest BCUT2D eigenvalue weighted by molar-refractivity contribution is 0.340. The lowest BCUT2D eigenvalue weighted by Gasteiger charge is -2.08. The van der Waals surface area contributed by atoms with Crippen molar-refractivity contribution in [2.75, 3.05) is 6.61 Å². The second-order valence-electron chi connectivity index (χ2n) is 3.77. The van der Waals surface area contributed by atoms with Crippen LogP contribution in [-0.4, -0.2) is 11.7 Å². The van der Waals surface area contributed by atoms with Crippen LogP contribution >= 0.6 is 11.6 Å². The standard InChI is InChI=1S/C14H12ClFO2/c1-2-18-12-3-4-13(14(15)8-12)9-5-10(16)7-11(17)6-9/h3-8,17H,2H2,1H3. The summed E-state index contributed by atoms with van der Waals surface area (Å²) in [7, 11) is 0. The minimum Gasteiger partial charge on any atom is -0.508 e. The van der Waals surface area contributed by atoms with Crippen LogP contribution in [0.15, 0.2) is 36.4 Å². The second-order valence-corrected chi connectivity index (χ2v) is 4.18. The summed E-state index contributed by atoms with van der Waals surface area (Å²) in [6, 6.07) is 8.99. The number of rotatable bonds is 3. The third-order valence-electron chi connectivity index (χ3n) is 2.45. The van der Waals surface area contributed by atoms with Crippen molar-refractivity contribution in [3.63, 3.8) is 0 Å². The zero-order chi connectivity index (χ0) is 13.1. The van der Waals surface area contributed by atoms with E-state index in [-0.39, 0.29) is 5.75 Å². The van der Waals surface area contributed by atoms with Gasteiger partial charge in [0.05, 0.1) is 11.6 Å². The van der Waals surface area contributed by atoms with Gasteiger partial charge >= 0.3 is 0 Å². The van der Waals surface area contributed by atoms with Crippen LogP contribution in [-0.2, 0) is 0 Å². The fraction of sp³-hybridized carbons (Fsp3) is 0.143. The summed E-state index contributed by atoms with van der Waals surface area (Å²) in [6.07, 6.45) is 0. The quantitative estimate of drug-likeness (QED) is 0.900. The monoisotopic (exact) mass is 266 g/mol. The molecule has 2 aromatic rings. The fourth-order valence-corrected chi connectivity index (χ4v) is 2.00. The maximum atomic E-state index is 13.2. The lowest BCUT2D eigenvalue weighted by Crippen LogP contribution is -1.91. The molecule has 2 rings (SSSR count). The first-order valence-electron chi connectivity index (χ1n) is 5.52. The molecule has 2 nitrogen and oxygen atoms in total. The molecular weight excluding hydrogens is 255 g/mol. The molecule has 0 saturated heterocycles. The zero-order valence-corrected chi connectivity index (χ0v) is 10.5. The summed E-state index contributed by atoms with van der Waals surface area (Å²) in [6.45, 7) is 2.43. The predicted octanol–water partition coefficient (Wildman–Crippen LogP) is 4.25. The van der Waals surface area contributed by atoms with E-state index in [1.165, 1.54) is 12.1 Å². The molecule has 0 bridgehead atoms. The highest BCUT2D eigenvalue weighted by molar-refractivity contribution is 6.33. The molecule has 1 N–H and O–H groups in total. The van der Waals surface area contributed by atoms with Crippen LogP contribution in [0.5, 0.6) is 11.5 Å². The van der Waals surface area contributed by atoms with E-state index in [0.29, 0.717) is 28.5 Å². The summed E-state index contributed by atoms with van der Waals surface area (Å²) >= 11 is 6.12. The summed E-state index contributed by atoms with van der Waals surface area (Å²) in [4.78, 5) is 0. The fourth-order valence-electron chi connectivity index (χ4n) is 1.72. The zero-order valence-electron chi connectivity index (χ0n) is 9.78. The van der Waals surface area contributed by atoms with Crippen molar-refractivity contribution in [2.24, 2.45) is 0 Å². The summed E-state index contributed by atoms with van der Waals surface area (Å²) in [5.41, 5.74) is 1.18. The molecule has 0 amide bonds. The number of benzene rings is 2. The second kappa shape index (κ2) is 5.27. The van der Waals surface area contributed by atoms with E-state index >= 15 is 0 Å². The Bertz CT molecular complexity index is 549. The Morgan fingerprint density at radius 3 is 2.61 bits per heavy atom. The van der Waals surface area contributed by atoms with Crippen LogP contribution in [0.3, 0.4) is 0 Å². The Hall–Kier alpha value is -1.74. The topological polar surface area (TPSA) is 29.5 Å². The average Bonchev–Trinajstić information content (AvgIpc) is 2.28. The van der Waals surface area contributed by atoms with E-state index < -0.39 is 5.82 Å². The Labute approximate surface area is 110 Å². The Morgan fingerprint density at radius 2 is 2.00 bits per heavy atom. The highest BCUT2D eigenvalue weighted by Gasteiger charge is 2.08. The van der Waals surface area contributed by atoms with Crippen LogP contribution in [0.25, 0.3) is 11.1 Å². The molecule has 0 radical (unpaired) electrons. The smallest absolute Gasteiger partial charge is 0.127 e. The van der Waals surface area contributed by atoms with Crippen LogP contribution in [0, 0.1) is 5.82 Å². The van der Waals surface area contributed by atoms with Gasteiger partial charge in [-0.1, -0.05) is 11.6 Å². The molecular formula is C14H12ClFO2. The van der Waals surface area contributed by atoms with Crippen molar-refractivity contribution >= 4 is 11.6 Å². The van der Waals surface area contributed by atoms with Gasteiger partial charge in [-0.3, -0.25) is 0 Å². The molecule has 4 heteroatoms. The minimum atomic E-state index is -0.505. The molecule has 0 aliphatic carbocycles. The van der Waals surface area contributed by atoms with Crippen molar-refractivity contribution in [3.8, 4) is 22.6 Å². The van der Waals surface area contributed by atoms with E-state index in [9.17, 15) is 9.50 Å². The van der Waals surface area contributed by atoms with Gasteiger partial charge in [0.2, 0.25) is 0 Å². The number of hydrogen-bond acceptors (Lipinski definition) is 2. The molecule has 0 fully saturated rings. The summed E-state index contributed by atoms with van der Waals surface area (Å²) < 4.78 is 18.5. The molecule has 0 aliphatic heterocycles. The third-order valence-corrected chi connectivity index (χ3v) is 2.76. The third kappa shape index (κ3) is 2.74. The van der Waals surface area contributed by atoms with Gasteiger partial charge in [-0.05, 0) is 42.8 Å². The number of aromatic hydroxyl groups is 1. The van der Waals surface area contributed by atoms with Gasteiger partial charge in [-0.25, -0.2) is 4.39 Å². The first-order chi connectivity index (χ1) is 8.60. The number of halogens is 2. The molecule has 18 heavy (non-hydrogen) atoms. The molecule has 0 aromatic heterocycles. The molecule has 0 aliphatic rings. The van der Waals surface area contributed by atoms with Crippen molar-refractivity contribution in [2.45, 2.75) is 6.92 Å². The van der Waals surface area contributed by atoms with Gasteiger partial charge in [0.25, 0.3) is 0 Å². The SMILES string of the molecule is CCOc1ccc(-c2cc(O)cc(F)c2)c(Cl)c1. The van der Waals surface area contributed by atoms with Crippen LogP contribution in [0.1, 0.15) is 6.92 Å². The molecule has 2 aromatic carbocycles. The highest BCUT2D eigenvalue weighted by Crippen LogP contribution is 2.33. The van der Waals surface area contributed by atoms with Crippen LogP contribution in [0.4, 0.5) is 4.39 Å². The lowest BCUT2D eigenvalue weighted by atomic mass is 10.0. The van der Waals surface area contributed by atoms with E-state index in [2.05, 4.69) is 0 Å². The number of ether oxygens (including phenoxy) is 1. The van der Waals surface area contributed by atoms with Crippen molar-refractivity contribution < 1.29 is 14.2 Å². The number of phenolic OH excluding ortho intramolecular Hbond substituents is 1. The first-order valence-corrected chi connectivity index (χ1v) is 5.90. The Balaban J connectivity index is 2.44. The summed E-state index contributed by atoms with van der Waals surface area (Å²) in [5.74, 6) is 0.0248. The van der Waals surface area contributed by atoms with Crippen molar-refractivity contribution in [1.29, 1.82) is 0 Å². The maximum Gasteiger partial charge on any atom is 0.127 e. The largest absolute Gasteiger partial charge is 0.508 e. The van der Waals surface area contributed by atoms with Gasteiger partial charge in [0.15, 0.2) is 0 Å². The van der Waals surface area contributed by atoms with Crippen molar-refractivity contribution in [3.05, 3.63) is 47.2 Å². The van der Waals surface area contributed by atoms with Gasteiger partial charge in [-0.15, -0.1) is 0 Å². The van der Waals surface area contributed by atoms with Crippen LogP contribution < -0.4 is 4.74 Å². The summed E-state index contributed by atoms with van der Waals surface area (Å²) in [5, 5.41) is 9.83. The van der Waals surface area contributed by atoms with Gasteiger partial charge in [0, 0.05) is 11.6 Å². The van der Waals surface area contributed by atoms with Gasteiger partial charge in [-0.2, -0.15) is 0 Å². The van der Waals surface area contributed by atoms with Gasteiger partial charge in [0.1, 0.15) is 17.3 Å². The molecule has 0 atom stereocenters. The molecule has 94 valence electrons. The maximum absolute atomic E-state index is 13.2. The Kier molecular flexibility index (Phi) is 3.72. The first kappa shape index (κ1) is 12.7. The van der Waals surface area contributed by atoms with Gasteiger partial charge < -0.3 is 9.84 Å². The van der Waals surface area contributed by atoms with E-state index in [1.807, 2.05) is 6.92 Å². The van der Waals surface area contributed by atoms with E-state index in [1.54, 1.807) is 18.2 Å². The van der Waals surface area contributed by atoms with E-state index in [4.69, 9.17) is 16.3 Å². The molecule has 0 unspecified atom stereocenters. The Morgan fingerprint density at radius 1 is 1.22 bits per heavy atom. The molecule has 0 heterocycles. The normalized spacial score (nSPS) is 10.4. The minimum absolute atomic E-state index is 0.130. The average molecular weight is 267 g/mol. The number of phenols is 1.